The first-order valence-electron chi connectivity index (χ1n) is 7.39. The number of likely N-dealkylation sites (tertiary alicyclic amines) is 1. The first-order chi connectivity index (χ1) is 9.11. The van der Waals surface area contributed by atoms with Gasteiger partial charge < -0.3 is 14.9 Å². The van der Waals surface area contributed by atoms with Crippen LogP contribution in [0.25, 0.3) is 0 Å². The molecule has 0 aromatic rings. The molecule has 1 saturated carbocycles. The maximum atomic E-state index is 12.5. The second-order valence-electron chi connectivity index (χ2n) is 5.76. The lowest BCUT2D eigenvalue weighted by atomic mass is 10.1. The van der Waals surface area contributed by atoms with Gasteiger partial charge in [-0.2, -0.15) is 0 Å². The Morgan fingerprint density at radius 1 is 1.32 bits per heavy atom. The van der Waals surface area contributed by atoms with E-state index in [1.165, 1.54) is 0 Å². The number of hydrogen-bond acceptors (Lipinski definition) is 2. The molecule has 1 aliphatic carbocycles. The number of rotatable bonds is 6. The Kier molecular flexibility index (Phi) is 4.66. The predicted molar refractivity (Wildman–Crippen MR) is 72.0 cm³/mol. The van der Waals surface area contributed by atoms with Gasteiger partial charge in [0.15, 0.2) is 0 Å². The summed E-state index contributed by atoms with van der Waals surface area (Å²) in [7, 11) is 0. The summed E-state index contributed by atoms with van der Waals surface area (Å²) in [4.78, 5) is 27.0. The molecule has 108 valence electrons. The van der Waals surface area contributed by atoms with Crippen LogP contribution in [0.5, 0.6) is 0 Å². The molecule has 0 aromatic carbocycles. The van der Waals surface area contributed by atoms with Crippen LogP contribution in [0.15, 0.2) is 0 Å². The third-order valence-electron chi connectivity index (χ3n) is 4.01. The molecule has 19 heavy (non-hydrogen) atoms. The quantitative estimate of drug-likeness (QED) is 0.803. The van der Waals surface area contributed by atoms with Crippen molar-refractivity contribution in [3.05, 3.63) is 0 Å². The Morgan fingerprint density at radius 2 is 2.05 bits per heavy atom. The highest BCUT2D eigenvalue weighted by Gasteiger charge is 2.37. The van der Waals surface area contributed by atoms with Crippen LogP contribution >= 0.6 is 0 Å². The number of carbonyl (C=O) groups is 2. The zero-order valence-electron chi connectivity index (χ0n) is 11.7. The van der Waals surface area contributed by atoms with E-state index in [0.717, 1.165) is 38.6 Å². The summed E-state index contributed by atoms with van der Waals surface area (Å²) in [5.74, 6) is -0.627. The highest BCUT2D eigenvalue weighted by molar-refractivity contribution is 5.75. The first kappa shape index (κ1) is 14.2. The van der Waals surface area contributed by atoms with E-state index in [1.807, 2.05) is 9.80 Å². The minimum Gasteiger partial charge on any atom is -0.481 e. The van der Waals surface area contributed by atoms with E-state index in [2.05, 4.69) is 6.92 Å². The zero-order chi connectivity index (χ0) is 13.8. The van der Waals surface area contributed by atoms with Gasteiger partial charge in [0, 0.05) is 32.1 Å². The van der Waals surface area contributed by atoms with Crippen molar-refractivity contribution in [3.63, 3.8) is 0 Å². The first-order valence-corrected chi connectivity index (χ1v) is 7.39. The van der Waals surface area contributed by atoms with Gasteiger partial charge in [-0.25, -0.2) is 4.79 Å². The van der Waals surface area contributed by atoms with Crippen LogP contribution in [-0.2, 0) is 4.79 Å². The molecule has 0 spiro atoms. The van der Waals surface area contributed by atoms with Gasteiger partial charge in [0.2, 0.25) is 0 Å². The summed E-state index contributed by atoms with van der Waals surface area (Å²) in [6.07, 6.45) is 5.41. The van der Waals surface area contributed by atoms with Crippen molar-refractivity contribution in [2.75, 3.05) is 19.6 Å². The van der Waals surface area contributed by atoms with Gasteiger partial charge in [-0.05, 0) is 31.6 Å². The van der Waals surface area contributed by atoms with Gasteiger partial charge in [-0.1, -0.05) is 13.3 Å². The van der Waals surface area contributed by atoms with E-state index in [0.29, 0.717) is 19.1 Å². The SMILES string of the molecule is CCCCN(C(=O)N1CCC(CC(=O)O)C1)C1CC1. The summed E-state index contributed by atoms with van der Waals surface area (Å²) in [5.41, 5.74) is 0. The van der Waals surface area contributed by atoms with Gasteiger partial charge in [0.25, 0.3) is 0 Å². The Hall–Kier alpha value is -1.26. The van der Waals surface area contributed by atoms with Crippen LogP contribution in [0, 0.1) is 5.92 Å². The van der Waals surface area contributed by atoms with Gasteiger partial charge in [-0.15, -0.1) is 0 Å². The largest absolute Gasteiger partial charge is 0.481 e. The molecule has 1 heterocycles. The zero-order valence-corrected chi connectivity index (χ0v) is 11.7. The third-order valence-corrected chi connectivity index (χ3v) is 4.01. The molecule has 0 aromatic heterocycles. The number of hydrogen-bond donors (Lipinski definition) is 1. The molecule has 5 nitrogen and oxygen atoms in total. The predicted octanol–water partition coefficient (Wildman–Crippen LogP) is 2.17. The molecule has 1 unspecified atom stereocenters. The standard InChI is InChI=1S/C14H24N2O3/c1-2-3-7-16(12-4-5-12)14(19)15-8-6-11(10-15)9-13(17)18/h11-12H,2-10H2,1H3,(H,17,18). The van der Waals surface area contributed by atoms with E-state index >= 15 is 0 Å². The molecule has 0 radical (unpaired) electrons. The molecular weight excluding hydrogens is 244 g/mol. The van der Waals surface area contributed by atoms with Crippen LogP contribution in [-0.4, -0.2) is 52.6 Å². The molecular formula is C14H24N2O3. The summed E-state index contributed by atoms with van der Waals surface area (Å²) in [6.45, 7) is 4.31. The lowest BCUT2D eigenvalue weighted by Gasteiger charge is -2.28. The van der Waals surface area contributed by atoms with Gasteiger partial charge in [0.05, 0.1) is 0 Å². The number of carboxylic acids is 1. The number of aliphatic carboxylic acids is 1. The van der Waals surface area contributed by atoms with Crippen molar-refractivity contribution in [1.29, 1.82) is 0 Å². The van der Waals surface area contributed by atoms with Crippen LogP contribution in [0.2, 0.25) is 0 Å². The lowest BCUT2D eigenvalue weighted by molar-refractivity contribution is -0.138. The Morgan fingerprint density at radius 3 is 2.63 bits per heavy atom. The van der Waals surface area contributed by atoms with E-state index < -0.39 is 5.97 Å². The van der Waals surface area contributed by atoms with Gasteiger partial charge in [-0.3, -0.25) is 4.79 Å². The molecule has 1 saturated heterocycles. The molecule has 2 aliphatic rings. The maximum Gasteiger partial charge on any atom is 0.320 e. The van der Waals surface area contributed by atoms with Crippen molar-refractivity contribution in [2.24, 2.45) is 5.92 Å². The minimum atomic E-state index is -0.760. The molecule has 2 amide bonds. The summed E-state index contributed by atoms with van der Waals surface area (Å²) in [6, 6.07) is 0.571. The highest BCUT2D eigenvalue weighted by Crippen LogP contribution is 2.30. The van der Waals surface area contributed by atoms with Gasteiger partial charge >= 0.3 is 12.0 Å². The third kappa shape index (κ3) is 3.85. The summed E-state index contributed by atoms with van der Waals surface area (Å²) >= 11 is 0. The van der Waals surface area contributed by atoms with Crippen molar-refractivity contribution in [2.45, 2.75) is 51.5 Å². The second kappa shape index (κ2) is 6.26. The fraction of sp³-hybridized carbons (Fsp3) is 0.857. The average molecular weight is 268 g/mol. The molecule has 1 aliphatic heterocycles. The topological polar surface area (TPSA) is 60.9 Å². The van der Waals surface area contributed by atoms with E-state index in [9.17, 15) is 9.59 Å². The smallest absolute Gasteiger partial charge is 0.320 e. The number of urea groups is 1. The number of carboxylic acid groups (broad SMARTS) is 1. The normalized spacial score (nSPS) is 22.6. The van der Waals surface area contributed by atoms with Crippen LogP contribution in [0.3, 0.4) is 0 Å². The molecule has 2 fully saturated rings. The average Bonchev–Trinajstić information content (AvgIpc) is 3.09. The highest BCUT2D eigenvalue weighted by atomic mass is 16.4. The Balaban J connectivity index is 1.86. The van der Waals surface area contributed by atoms with Crippen molar-refractivity contribution >= 4 is 12.0 Å². The summed E-state index contributed by atoms with van der Waals surface area (Å²) in [5, 5.41) is 8.81. The molecule has 1 atom stereocenters. The fourth-order valence-corrected chi connectivity index (χ4v) is 2.75. The summed E-state index contributed by atoms with van der Waals surface area (Å²) < 4.78 is 0. The van der Waals surface area contributed by atoms with Crippen LogP contribution in [0.1, 0.15) is 45.4 Å². The van der Waals surface area contributed by atoms with Crippen molar-refractivity contribution < 1.29 is 14.7 Å². The number of amides is 2. The minimum absolute atomic E-state index is 0.129. The Labute approximate surface area is 114 Å². The number of unbranched alkanes of at least 4 members (excludes halogenated alkanes) is 1. The van der Waals surface area contributed by atoms with Crippen molar-refractivity contribution in [1.82, 2.24) is 9.80 Å². The van der Waals surface area contributed by atoms with E-state index in [1.54, 1.807) is 0 Å². The van der Waals surface area contributed by atoms with E-state index in [-0.39, 0.29) is 18.4 Å². The van der Waals surface area contributed by atoms with Crippen LogP contribution < -0.4 is 0 Å². The number of nitrogens with zero attached hydrogens (tertiary/aromatic N) is 2. The lowest BCUT2D eigenvalue weighted by Crippen LogP contribution is -2.43. The van der Waals surface area contributed by atoms with Crippen LogP contribution in [0.4, 0.5) is 4.79 Å². The molecule has 5 heteroatoms. The van der Waals surface area contributed by atoms with E-state index in [4.69, 9.17) is 5.11 Å². The van der Waals surface area contributed by atoms with Gasteiger partial charge in [0.1, 0.15) is 0 Å². The Bertz CT molecular complexity index is 342. The number of carbonyl (C=O) groups excluding carboxylic acids is 1. The molecule has 1 N–H and O–H groups in total. The monoisotopic (exact) mass is 268 g/mol. The molecule has 2 rings (SSSR count). The second-order valence-corrected chi connectivity index (χ2v) is 5.76. The fourth-order valence-electron chi connectivity index (χ4n) is 2.75. The molecule has 0 bridgehead atoms. The van der Waals surface area contributed by atoms with Crippen molar-refractivity contribution in [3.8, 4) is 0 Å². The maximum absolute atomic E-state index is 12.5.